The van der Waals surface area contributed by atoms with Gasteiger partial charge in [-0.2, -0.15) is 0 Å². The summed E-state index contributed by atoms with van der Waals surface area (Å²) >= 11 is 4.72. The maximum Gasteiger partial charge on any atom is 0.316 e. The van der Waals surface area contributed by atoms with E-state index in [2.05, 4.69) is 35.1 Å². The van der Waals surface area contributed by atoms with E-state index in [9.17, 15) is 13.2 Å². The van der Waals surface area contributed by atoms with Crippen LogP contribution >= 0.6 is 45.8 Å². The summed E-state index contributed by atoms with van der Waals surface area (Å²) in [4.78, 5) is 19.7. The number of ether oxygens (including phenoxy) is 1. The fourth-order valence-corrected chi connectivity index (χ4v) is 5.10. The predicted octanol–water partition coefficient (Wildman–Crippen LogP) is 3.13. The second-order valence-electron chi connectivity index (χ2n) is 4.52. The number of anilines is 1. The predicted molar refractivity (Wildman–Crippen MR) is 109 cm³/mol. The normalized spacial score (nSPS) is 11.4. The van der Waals surface area contributed by atoms with Crippen molar-refractivity contribution in [2.45, 2.75) is 11.3 Å². The number of rotatable bonds is 9. The summed E-state index contributed by atoms with van der Waals surface area (Å²) in [5, 5.41) is 19.2. The number of azo groups is 1. The minimum absolute atomic E-state index is 0.130. The number of aromatic nitrogens is 4. The Balaban J connectivity index is 1.75. The molecule has 3 aromatic heterocycles. The van der Waals surface area contributed by atoms with E-state index in [-0.39, 0.29) is 22.0 Å². The van der Waals surface area contributed by atoms with Crippen molar-refractivity contribution in [1.82, 2.24) is 20.2 Å². The van der Waals surface area contributed by atoms with E-state index in [0.29, 0.717) is 26.6 Å². The smallest absolute Gasteiger partial charge is 0.316 e. The average Bonchev–Trinajstić information content (AvgIpc) is 3.38. The highest BCUT2D eigenvalue weighted by molar-refractivity contribution is 8.01. The number of hydrogen-bond donors (Lipinski definition) is 2. The summed E-state index contributed by atoms with van der Waals surface area (Å²) in [6.07, 6.45) is 1.61. The Morgan fingerprint density at radius 1 is 1.32 bits per heavy atom. The Kier molecular flexibility index (Phi) is 7.37. The largest absolute Gasteiger partial charge is 0.465 e. The van der Waals surface area contributed by atoms with Crippen LogP contribution in [0.25, 0.3) is 10.7 Å². The molecule has 0 aliphatic heterocycles. The first-order valence-corrected chi connectivity index (χ1v) is 12.1. The highest BCUT2D eigenvalue weighted by atomic mass is 32.2. The number of carbonyl (C=O) groups excluding carboxylic acids is 1. The van der Waals surface area contributed by atoms with Gasteiger partial charge in [0.1, 0.15) is 10.7 Å². The van der Waals surface area contributed by atoms with Gasteiger partial charge < -0.3 is 4.74 Å². The molecular weight excluding hydrogens is 467 g/mol. The van der Waals surface area contributed by atoms with Crippen LogP contribution in [0.5, 0.6) is 0 Å². The molecule has 3 heterocycles. The number of carbonyl (C=O) groups is 1. The van der Waals surface area contributed by atoms with Crippen molar-refractivity contribution < 1.29 is 17.9 Å². The highest BCUT2D eigenvalue weighted by Gasteiger charge is 2.16. The molecule has 16 heteroatoms. The lowest BCUT2D eigenvalue weighted by atomic mass is 10.5. The monoisotopic (exact) mass is 477 g/mol. The molecule has 0 aromatic carbocycles. The molecule has 0 bridgehead atoms. The van der Waals surface area contributed by atoms with Crippen molar-refractivity contribution >= 4 is 77.9 Å². The number of hydrogen-bond acceptors (Lipinski definition) is 14. The van der Waals surface area contributed by atoms with Crippen molar-refractivity contribution in [3.8, 4) is 10.7 Å². The summed E-state index contributed by atoms with van der Waals surface area (Å²) in [7, 11) is -2.85. The number of nitrogens with zero attached hydrogens (tertiary/aromatic N) is 6. The molecule has 0 saturated heterocycles. The van der Waals surface area contributed by atoms with Gasteiger partial charge in [-0.1, -0.05) is 34.4 Å². The molecule has 0 atom stereocenters. The Labute approximate surface area is 176 Å². The first-order valence-electron chi connectivity index (χ1n) is 7.40. The molecule has 11 nitrogen and oxygen atoms in total. The van der Waals surface area contributed by atoms with Gasteiger partial charge in [0, 0.05) is 11.6 Å². The summed E-state index contributed by atoms with van der Waals surface area (Å²) in [6, 6.07) is 0. The molecule has 28 heavy (non-hydrogen) atoms. The molecule has 3 rings (SSSR count). The third-order valence-electron chi connectivity index (χ3n) is 2.67. The van der Waals surface area contributed by atoms with Crippen LogP contribution < -0.4 is 4.72 Å². The van der Waals surface area contributed by atoms with Gasteiger partial charge in [-0.3, -0.25) is 9.52 Å². The zero-order valence-electron chi connectivity index (χ0n) is 14.0. The fourth-order valence-electron chi connectivity index (χ4n) is 1.70. The van der Waals surface area contributed by atoms with Crippen molar-refractivity contribution in [3.63, 3.8) is 0 Å². The second-order valence-corrected chi connectivity index (χ2v) is 9.31. The fraction of sp³-hybridized carbons (Fsp3) is 0.250. The van der Waals surface area contributed by atoms with Gasteiger partial charge in [0.2, 0.25) is 10.9 Å². The molecule has 148 valence electrons. The minimum atomic E-state index is -2.85. The number of esters is 1. The number of thiazole rings is 2. The Morgan fingerprint density at radius 3 is 2.89 bits per heavy atom. The molecule has 0 fully saturated rings. The lowest BCUT2D eigenvalue weighted by Crippen LogP contribution is -2.06. The summed E-state index contributed by atoms with van der Waals surface area (Å²) < 4.78 is 29.4. The maximum absolute atomic E-state index is 11.4. The number of nitrogens with one attached hydrogen (secondary N) is 1. The molecule has 0 unspecified atom stereocenters. The lowest BCUT2D eigenvalue weighted by Gasteiger charge is -1.97. The van der Waals surface area contributed by atoms with Crippen molar-refractivity contribution in [2.75, 3.05) is 17.1 Å². The van der Waals surface area contributed by atoms with E-state index >= 15 is 0 Å². The third-order valence-corrected chi connectivity index (χ3v) is 6.77. The van der Waals surface area contributed by atoms with E-state index < -0.39 is 10.9 Å². The Hall–Kier alpha value is -2.01. The van der Waals surface area contributed by atoms with Gasteiger partial charge in [0.15, 0.2) is 14.5 Å². The van der Waals surface area contributed by atoms with Crippen LogP contribution in [0.2, 0.25) is 0 Å². The Bertz CT molecular complexity index is 1030. The third kappa shape index (κ3) is 5.74. The first-order chi connectivity index (χ1) is 13.5. The Morgan fingerprint density at radius 2 is 2.18 bits per heavy atom. The van der Waals surface area contributed by atoms with Crippen LogP contribution in [0.4, 0.5) is 15.3 Å². The van der Waals surface area contributed by atoms with E-state index in [4.69, 9.17) is 4.74 Å². The molecule has 0 aliphatic carbocycles. The quantitative estimate of drug-likeness (QED) is 0.205. The van der Waals surface area contributed by atoms with Crippen LogP contribution in [0.3, 0.4) is 0 Å². The van der Waals surface area contributed by atoms with Gasteiger partial charge in [-0.15, -0.1) is 31.8 Å². The average molecular weight is 478 g/mol. The van der Waals surface area contributed by atoms with E-state index in [1.807, 2.05) is 0 Å². The molecule has 0 radical (unpaired) electrons. The molecule has 0 spiro atoms. The van der Waals surface area contributed by atoms with Crippen LogP contribution in [-0.2, 0) is 20.4 Å². The van der Waals surface area contributed by atoms with Crippen LogP contribution in [0, 0.1) is 0 Å². The SMILES string of the molecule is CCOC(=O)CSc1nnc(/N=N/c2sc(N[SH](=O)=O)nc2-c2nccs2)s1. The van der Waals surface area contributed by atoms with Gasteiger partial charge >= 0.3 is 5.97 Å². The summed E-state index contributed by atoms with van der Waals surface area (Å²) in [5.41, 5.74) is 0.421. The molecule has 0 saturated carbocycles. The zero-order valence-corrected chi connectivity index (χ0v) is 18.1. The van der Waals surface area contributed by atoms with E-state index in [1.54, 1.807) is 18.5 Å². The summed E-state index contributed by atoms with van der Waals surface area (Å²) in [6.45, 7) is 2.06. The van der Waals surface area contributed by atoms with Crippen LogP contribution in [-0.4, -0.2) is 46.9 Å². The first kappa shape index (κ1) is 20.7. The molecular formula is C12H11N7O4S5. The van der Waals surface area contributed by atoms with E-state index in [1.165, 1.54) is 23.1 Å². The lowest BCUT2D eigenvalue weighted by molar-refractivity contribution is -0.139. The van der Waals surface area contributed by atoms with Crippen molar-refractivity contribution in [2.24, 2.45) is 10.2 Å². The molecule has 0 aliphatic rings. The minimum Gasteiger partial charge on any atom is -0.465 e. The van der Waals surface area contributed by atoms with Gasteiger partial charge in [0.05, 0.1) is 12.4 Å². The van der Waals surface area contributed by atoms with Crippen molar-refractivity contribution in [3.05, 3.63) is 11.6 Å². The number of thioether (sulfide) groups is 1. The molecule has 3 aromatic rings. The summed E-state index contributed by atoms with van der Waals surface area (Å²) in [5.74, 6) is -0.203. The molecule has 1 N–H and O–H groups in total. The highest BCUT2D eigenvalue weighted by Crippen LogP contribution is 2.40. The van der Waals surface area contributed by atoms with Crippen LogP contribution in [0.1, 0.15) is 6.92 Å². The van der Waals surface area contributed by atoms with Gasteiger partial charge in [-0.25, -0.2) is 18.4 Å². The van der Waals surface area contributed by atoms with Gasteiger partial charge in [0.25, 0.3) is 5.13 Å². The molecule has 0 amide bonds. The van der Waals surface area contributed by atoms with Gasteiger partial charge in [-0.05, 0) is 6.92 Å². The maximum atomic E-state index is 11.4. The number of thiol groups is 1. The van der Waals surface area contributed by atoms with Crippen molar-refractivity contribution in [1.29, 1.82) is 0 Å². The topological polar surface area (TPSA) is 149 Å². The second kappa shape index (κ2) is 9.97. The standard InChI is InChI=1S/C12H11N7O4S5/c1-2-23-6(20)5-25-12-18-17-11(27-12)16-15-9-7(8-13-3-4-24-8)14-10(26-9)19-28(21)22/h3-4,28H,2,5H2,1H3,(H,14,19,21,22)/b16-15+. The van der Waals surface area contributed by atoms with E-state index in [0.717, 1.165) is 22.7 Å². The zero-order chi connectivity index (χ0) is 19.9. The van der Waals surface area contributed by atoms with Crippen LogP contribution in [0.15, 0.2) is 26.1 Å².